The first kappa shape index (κ1) is 14.7. The molecule has 0 radical (unpaired) electrons. The molecule has 0 bridgehead atoms. The van der Waals surface area contributed by atoms with Crippen molar-refractivity contribution in [3.8, 4) is 0 Å². The van der Waals surface area contributed by atoms with E-state index in [1.165, 1.54) is 4.90 Å². The summed E-state index contributed by atoms with van der Waals surface area (Å²) in [6.07, 6.45) is 5.50. The van der Waals surface area contributed by atoms with Crippen LogP contribution in [0.1, 0.15) is 47.1 Å². The summed E-state index contributed by atoms with van der Waals surface area (Å²) in [5, 5.41) is 4.54. The number of fused-ring (bicyclic) bond motifs is 1. The maximum Gasteiger partial charge on any atom is 0.163 e. The Morgan fingerprint density at radius 2 is 2.16 bits per heavy atom. The van der Waals surface area contributed by atoms with E-state index >= 15 is 0 Å². The average Bonchev–Trinajstić information content (AvgIpc) is 2.62. The third-order valence-electron chi connectivity index (χ3n) is 4.94. The van der Waals surface area contributed by atoms with Crippen molar-refractivity contribution in [3.63, 3.8) is 0 Å². The molecular formula is C20H26BrN3O. The summed E-state index contributed by atoms with van der Waals surface area (Å²) in [7, 11) is 1.66. The van der Waals surface area contributed by atoms with Crippen molar-refractivity contribution < 1.29 is 8.91 Å². The first-order chi connectivity index (χ1) is 13.1. The summed E-state index contributed by atoms with van der Waals surface area (Å²) in [6.45, 7) is 0.120. The molecule has 0 aliphatic heterocycles. The minimum Gasteiger partial charge on any atom is -0.381 e. The molecule has 0 amide bonds. The fourth-order valence-electron chi connectivity index (χ4n) is 3.67. The zero-order valence-corrected chi connectivity index (χ0v) is 16.3. The Balaban J connectivity index is 1.74. The molecule has 1 N–H and O–H groups in total. The average molecular weight is 407 g/mol. The van der Waals surface area contributed by atoms with E-state index in [9.17, 15) is 4.79 Å². The molecule has 1 aliphatic carbocycles. The number of anilines is 1. The molecule has 25 heavy (non-hydrogen) atoms. The third-order valence-corrected chi connectivity index (χ3v) is 5.43. The molecule has 1 saturated carbocycles. The van der Waals surface area contributed by atoms with Crippen LogP contribution in [0.15, 0.2) is 28.9 Å². The molecule has 1 fully saturated rings. The van der Waals surface area contributed by atoms with Crippen LogP contribution in [0.3, 0.4) is 0 Å². The maximum absolute atomic E-state index is 12.2. The Hall–Kier alpha value is -1.46. The van der Waals surface area contributed by atoms with Crippen molar-refractivity contribution in [2.75, 3.05) is 25.9 Å². The van der Waals surface area contributed by atoms with Gasteiger partial charge in [0.1, 0.15) is 0 Å². The van der Waals surface area contributed by atoms with Gasteiger partial charge in [0.05, 0.1) is 16.8 Å². The fourth-order valence-corrected chi connectivity index (χ4v) is 4.03. The van der Waals surface area contributed by atoms with E-state index in [4.69, 9.17) is 4.11 Å². The molecule has 1 aliphatic rings. The Morgan fingerprint density at radius 1 is 1.40 bits per heavy atom. The Bertz CT molecular complexity index is 864. The van der Waals surface area contributed by atoms with Gasteiger partial charge >= 0.3 is 0 Å². The minimum absolute atomic E-state index is 0.00939. The van der Waals surface area contributed by atoms with Gasteiger partial charge in [0, 0.05) is 32.8 Å². The van der Waals surface area contributed by atoms with Crippen LogP contribution < -0.4 is 5.32 Å². The number of ketones is 1. The second-order valence-electron chi connectivity index (χ2n) is 7.01. The minimum atomic E-state index is -2.03. The Morgan fingerprint density at radius 3 is 2.84 bits per heavy atom. The number of benzene rings is 1. The molecule has 0 spiro atoms. The zero-order chi connectivity index (χ0) is 20.5. The molecule has 4 nitrogen and oxygen atoms in total. The topological polar surface area (TPSA) is 45.2 Å². The van der Waals surface area contributed by atoms with Crippen molar-refractivity contribution >= 4 is 38.3 Å². The second-order valence-corrected chi connectivity index (χ2v) is 7.92. The quantitative estimate of drug-likeness (QED) is 0.728. The SMILES string of the molecule is [2H]C([2H])([2H])N(C)CC1CCC(Nc2c(C(C)=O)cnc3ccc(Br)cc23)CC1. The lowest BCUT2D eigenvalue weighted by Gasteiger charge is -2.32. The van der Waals surface area contributed by atoms with Crippen LogP contribution in [0.2, 0.25) is 0 Å². The maximum atomic E-state index is 12.2. The van der Waals surface area contributed by atoms with Crippen LogP contribution in [-0.4, -0.2) is 42.3 Å². The Labute approximate surface area is 162 Å². The van der Waals surface area contributed by atoms with Gasteiger partial charge < -0.3 is 10.2 Å². The van der Waals surface area contributed by atoms with Gasteiger partial charge in [0.15, 0.2) is 5.78 Å². The molecule has 0 atom stereocenters. The third kappa shape index (κ3) is 4.39. The van der Waals surface area contributed by atoms with Gasteiger partial charge in [-0.05, 0) is 70.7 Å². The van der Waals surface area contributed by atoms with Crippen molar-refractivity contribution in [1.82, 2.24) is 9.88 Å². The lowest BCUT2D eigenvalue weighted by Crippen LogP contribution is -2.31. The van der Waals surface area contributed by atoms with Crippen LogP contribution in [0.25, 0.3) is 10.9 Å². The van der Waals surface area contributed by atoms with Crippen LogP contribution in [-0.2, 0) is 0 Å². The monoisotopic (exact) mass is 406 g/mol. The molecule has 1 aromatic heterocycles. The molecule has 134 valence electrons. The van der Waals surface area contributed by atoms with Crippen molar-refractivity contribution in [3.05, 3.63) is 34.4 Å². The van der Waals surface area contributed by atoms with Crippen molar-refractivity contribution in [2.24, 2.45) is 5.92 Å². The molecule has 0 saturated heterocycles. The van der Waals surface area contributed by atoms with E-state index in [1.807, 2.05) is 18.2 Å². The van der Waals surface area contributed by atoms with Gasteiger partial charge in [0.2, 0.25) is 0 Å². The van der Waals surface area contributed by atoms with E-state index in [-0.39, 0.29) is 11.8 Å². The summed E-state index contributed by atoms with van der Waals surface area (Å²) in [5.41, 5.74) is 2.31. The zero-order valence-electron chi connectivity index (χ0n) is 17.7. The Kier molecular flexibility index (Phi) is 4.60. The number of nitrogens with zero attached hydrogens (tertiary/aromatic N) is 2. The summed E-state index contributed by atoms with van der Waals surface area (Å²) in [5.74, 6) is 0.379. The van der Waals surface area contributed by atoms with E-state index in [0.29, 0.717) is 18.0 Å². The van der Waals surface area contributed by atoms with Crippen LogP contribution >= 0.6 is 15.9 Å². The highest BCUT2D eigenvalue weighted by Crippen LogP contribution is 2.33. The molecular weight excluding hydrogens is 378 g/mol. The number of hydrogen-bond donors (Lipinski definition) is 1. The van der Waals surface area contributed by atoms with Gasteiger partial charge in [-0.1, -0.05) is 15.9 Å². The summed E-state index contributed by atoms with van der Waals surface area (Å²) >= 11 is 3.51. The van der Waals surface area contributed by atoms with Crippen LogP contribution in [0, 0.1) is 5.92 Å². The highest BCUT2D eigenvalue weighted by molar-refractivity contribution is 9.10. The number of aromatic nitrogens is 1. The van der Waals surface area contributed by atoms with E-state index in [2.05, 4.69) is 26.2 Å². The molecule has 3 rings (SSSR count). The second kappa shape index (κ2) is 7.83. The van der Waals surface area contributed by atoms with Gasteiger partial charge in [-0.25, -0.2) is 0 Å². The smallest absolute Gasteiger partial charge is 0.163 e. The van der Waals surface area contributed by atoms with Crippen molar-refractivity contribution in [1.29, 1.82) is 0 Å². The van der Waals surface area contributed by atoms with Crippen molar-refractivity contribution in [2.45, 2.75) is 38.6 Å². The highest BCUT2D eigenvalue weighted by Gasteiger charge is 2.23. The number of nitrogens with one attached hydrogen (secondary N) is 1. The van der Waals surface area contributed by atoms with E-state index in [0.717, 1.165) is 46.7 Å². The van der Waals surface area contributed by atoms with E-state index < -0.39 is 6.98 Å². The summed E-state index contributed by atoms with van der Waals surface area (Å²) in [4.78, 5) is 18.0. The molecule has 1 aromatic carbocycles. The molecule has 1 heterocycles. The lowest BCUT2D eigenvalue weighted by molar-refractivity contribution is 0.101. The van der Waals surface area contributed by atoms with Gasteiger partial charge in [-0.3, -0.25) is 9.78 Å². The highest BCUT2D eigenvalue weighted by atomic mass is 79.9. The number of carbonyl (C=O) groups excluding carboxylic acids is 1. The lowest BCUT2D eigenvalue weighted by atomic mass is 9.85. The number of halogens is 1. The number of Topliss-reactive ketones (excluding diaryl/α,β-unsaturated/α-hetero) is 1. The first-order valence-electron chi connectivity index (χ1n) is 10.2. The largest absolute Gasteiger partial charge is 0.381 e. The molecule has 5 heteroatoms. The predicted octanol–water partition coefficient (Wildman–Crippen LogP) is 4.73. The molecule has 2 aromatic rings. The predicted molar refractivity (Wildman–Crippen MR) is 107 cm³/mol. The van der Waals surface area contributed by atoms with E-state index in [1.54, 1.807) is 20.2 Å². The van der Waals surface area contributed by atoms with Crippen LogP contribution in [0.4, 0.5) is 5.69 Å². The standard InChI is InChI=1S/C20H26BrN3O/c1-13(25)18-11-22-19-9-6-15(21)10-17(19)20(18)23-16-7-4-14(5-8-16)12-24(2)3/h6,9-11,14,16H,4-5,7-8,12H2,1-3H3,(H,22,23)/i2D3. The van der Waals surface area contributed by atoms with Gasteiger partial charge in [0.25, 0.3) is 0 Å². The molecule has 0 unspecified atom stereocenters. The summed E-state index contributed by atoms with van der Waals surface area (Å²) < 4.78 is 23.5. The first-order valence-corrected chi connectivity index (χ1v) is 9.51. The van der Waals surface area contributed by atoms with Crippen LogP contribution in [0.5, 0.6) is 0 Å². The normalized spacial score (nSPS) is 23.1. The number of rotatable bonds is 5. The summed E-state index contributed by atoms with van der Waals surface area (Å²) in [6, 6.07) is 6.14. The number of hydrogen-bond acceptors (Lipinski definition) is 4. The fraction of sp³-hybridized carbons (Fsp3) is 0.500. The van der Waals surface area contributed by atoms with Gasteiger partial charge in [-0.15, -0.1) is 0 Å². The number of carbonyl (C=O) groups is 1. The number of pyridine rings is 1. The van der Waals surface area contributed by atoms with Gasteiger partial charge in [-0.2, -0.15) is 0 Å².